The number of nitrogens with zero attached hydrogens (tertiary/aromatic N) is 1. The third-order valence-corrected chi connectivity index (χ3v) is 4.14. The maximum Gasteiger partial charge on any atom is 0.00721 e. The highest BCUT2D eigenvalue weighted by molar-refractivity contribution is 7.99. The topological polar surface area (TPSA) is 3.24 Å². The third kappa shape index (κ3) is 10.8. The van der Waals surface area contributed by atoms with E-state index in [-0.39, 0.29) is 0 Å². The van der Waals surface area contributed by atoms with Crippen LogP contribution in [0.25, 0.3) is 0 Å². The molecule has 0 aliphatic carbocycles. The summed E-state index contributed by atoms with van der Waals surface area (Å²) in [6.45, 7) is 10.5. The van der Waals surface area contributed by atoms with Gasteiger partial charge in [-0.3, -0.25) is 0 Å². The van der Waals surface area contributed by atoms with Crippen LogP contribution in [0.4, 0.5) is 0 Å². The Kier molecular flexibility index (Phi) is 13.6. The Bertz CT molecular complexity index is 124. The summed E-state index contributed by atoms with van der Waals surface area (Å²) >= 11 is 2.13. The lowest BCUT2D eigenvalue weighted by Crippen LogP contribution is -2.25. The van der Waals surface area contributed by atoms with Crippen LogP contribution in [0.1, 0.15) is 59.3 Å². The van der Waals surface area contributed by atoms with E-state index >= 15 is 0 Å². The molecule has 0 fully saturated rings. The van der Waals surface area contributed by atoms with E-state index in [1.54, 1.807) is 0 Å². The second-order valence-corrected chi connectivity index (χ2v) is 5.63. The van der Waals surface area contributed by atoms with E-state index in [0.29, 0.717) is 0 Å². The Morgan fingerprint density at radius 2 is 1.38 bits per heavy atom. The molecule has 0 saturated heterocycles. The van der Waals surface area contributed by atoms with Gasteiger partial charge in [0, 0.05) is 12.3 Å². The number of hydrogen-bond acceptors (Lipinski definition) is 2. The zero-order valence-corrected chi connectivity index (χ0v) is 12.5. The van der Waals surface area contributed by atoms with Gasteiger partial charge in [-0.05, 0) is 25.3 Å². The summed E-state index contributed by atoms with van der Waals surface area (Å²) in [6, 6.07) is 0. The van der Waals surface area contributed by atoms with Crippen molar-refractivity contribution in [2.75, 3.05) is 31.1 Å². The van der Waals surface area contributed by atoms with Crippen LogP contribution in [0, 0.1) is 0 Å². The molecule has 16 heavy (non-hydrogen) atoms. The van der Waals surface area contributed by atoms with Gasteiger partial charge in [0.1, 0.15) is 0 Å². The van der Waals surface area contributed by atoms with E-state index in [4.69, 9.17) is 0 Å². The first-order chi connectivity index (χ1) is 7.85. The molecule has 0 aliphatic heterocycles. The van der Waals surface area contributed by atoms with Crippen molar-refractivity contribution in [3.05, 3.63) is 0 Å². The van der Waals surface area contributed by atoms with E-state index in [9.17, 15) is 0 Å². The fourth-order valence-electron chi connectivity index (χ4n) is 1.82. The molecule has 0 rings (SSSR count). The molecule has 0 aromatic carbocycles. The minimum atomic E-state index is 1.20. The van der Waals surface area contributed by atoms with Gasteiger partial charge in [0.05, 0.1) is 0 Å². The van der Waals surface area contributed by atoms with Gasteiger partial charge in [-0.25, -0.2) is 0 Å². The van der Waals surface area contributed by atoms with Gasteiger partial charge in [-0.1, -0.05) is 52.9 Å². The number of unbranched alkanes of at least 4 members (excludes halogenated alkanes) is 5. The molecule has 0 heterocycles. The molecule has 2 heteroatoms. The first kappa shape index (κ1) is 16.3. The quantitative estimate of drug-likeness (QED) is 0.468. The van der Waals surface area contributed by atoms with Crippen molar-refractivity contribution in [2.45, 2.75) is 59.3 Å². The zero-order chi connectivity index (χ0) is 12.1. The van der Waals surface area contributed by atoms with Crippen molar-refractivity contribution in [3.63, 3.8) is 0 Å². The molecule has 0 aliphatic rings. The van der Waals surface area contributed by atoms with Gasteiger partial charge in [-0.2, -0.15) is 11.8 Å². The van der Waals surface area contributed by atoms with Gasteiger partial charge < -0.3 is 4.90 Å². The van der Waals surface area contributed by atoms with Gasteiger partial charge in [0.15, 0.2) is 0 Å². The molecule has 0 aromatic rings. The van der Waals surface area contributed by atoms with Crippen molar-refractivity contribution in [1.29, 1.82) is 0 Å². The van der Waals surface area contributed by atoms with Crippen molar-refractivity contribution in [1.82, 2.24) is 4.90 Å². The van der Waals surface area contributed by atoms with Gasteiger partial charge >= 0.3 is 0 Å². The average molecular weight is 245 g/mol. The van der Waals surface area contributed by atoms with E-state index < -0.39 is 0 Å². The molecule has 0 spiro atoms. The lowest BCUT2D eigenvalue weighted by Gasteiger charge is -2.17. The Morgan fingerprint density at radius 1 is 0.750 bits per heavy atom. The molecule has 0 aromatic heterocycles. The summed E-state index contributed by atoms with van der Waals surface area (Å²) in [6.07, 6.45) is 8.55. The van der Waals surface area contributed by atoms with E-state index in [1.165, 1.54) is 69.7 Å². The molecular weight excluding hydrogens is 214 g/mol. The smallest absolute Gasteiger partial charge is 0.00721 e. The lowest BCUT2D eigenvalue weighted by molar-refractivity contribution is 0.324. The summed E-state index contributed by atoms with van der Waals surface area (Å²) in [4.78, 5) is 2.51. The summed E-state index contributed by atoms with van der Waals surface area (Å²) < 4.78 is 0. The Hall–Kier alpha value is 0.310. The first-order valence-corrected chi connectivity index (χ1v) is 8.30. The minimum absolute atomic E-state index is 1.20. The molecule has 0 saturated carbocycles. The van der Waals surface area contributed by atoms with Gasteiger partial charge in [0.25, 0.3) is 0 Å². The number of thioether (sulfide) groups is 1. The standard InChI is InChI=1S/C14H31NS/c1-4-7-8-9-10-11-13-16-14-12-15(5-2)6-3/h4-14H2,1-3H3. The highest BCUT2D eigenvalue weighted by Gasteiger charge is 1.98. The highest BCUT2D eigenvalue weighted by Crippen LogP contribution is 2.09. The molecular formula is C14H31NS. The predicted molar refractivity (Wildman–Crippen MR) is 78.5 cm³/mol. The molecule has 0 unspecified atom stereocenters. The average Bonchev–Trinajstić information content (AvgIpc) is 2.32. The van der Waals surface area contributed by atoms with Gasteiger partial charge in [0.2, 0.25) is 0 Å². The first-order valence-electron chi connectivity index (χ1n) is 7.15. The largest absolute Gasteiger partial charge is 0.303 e. The molecule has 0 atom stereocenters. The van der Waals surface area contributed by atoms with E-state index in [2.05, 4.69) is 37.4 Å². The molecule has 98 valence electrons. The van der Waals surface area contributed by atoms with E-state index in [1.807, 2.05) is 0 Å². The predicted octanol–water partition coefficient (Wildman–Crippen LogP) is 4.42. The number of rotatable bonds is 12. The Morgan fingerprint density at radius 3 is 2.00 bits per heavy atom. The normalized spacial score (nSPS) is 11.2. The summed E-state index contributed by atoms with van der Waals surface area (Å²) in [5.41, 5.74) is 0. The highest BCUT2D eigenvalue weighted by atomic mass is 32.2. The monoisotopic (exact) mass is 245 g/mol. The van der Waals surface area contributed by atoms with Crippen LogP contribution in [0.5, 0.6) is 0 Å². The second kappa shape index (κ2) is 13.4. The fraction of sp³-hybridized carbons (Fsp3) is 1.00. The summed E-state index contributed by atoms with van der Waals surface area (Å²) in [5, 5.41) is 0. The summed E-state index contributed by atoms with van der Waals surface area (Å²) in [5.74, 6) is 2.68. The van der Waals surface area contributed by atoms with Crippen molar-refractivity contribution in [2.24, 2.45) is 0 Å². The Labute approximate surface area is 107 Å². The molecule has 0 bridgehead atoms. The van der Waals surface area contributed by atoms with Crippen molar-refractivity contribution < 1.29 is 0 Å². The third-order valence-electron chi connectivity index (χ3n) is 3.09. The molecule has 0 amide bonds. The molecule has 0 N–H and O–H groups in total. The maximum atomic E-state index is 2.51. The van der Waals surface area contributed by atoms with Crippen LogP contribution < -0.4 is 0 Å². The van der Waals surface area contributed by atoms with E-state index in [0.717, 1.165) is 0 Å². The zero-order valence-electron chi connectivity index (χ0n) is 11.6. The minimum Gasteiger partial charge on any atom is -0.303 e. The van der Waals surface area contributed by atoms with Crippen LogP contribution in [-0.2, 0) is 0 Å². The Balaban J connectivity index is 3.03. The van der Waals surface area contributed by atoms with Crippen LogP contribution in [0.3, 0.4) is 0 Å². The maximum absolute atomic E-state index is 2.51. The lowest BCUT2D eigenvalue weighted by atomic mass is 10.1. The SMILES string of the molecule is CCCCCCCCSCCN(CC)CC. The fourth-order valence-corrected chi connectivity index (χ4v) is 2.82. The van der Waals surface area contributed by atoms with Crippen LogP contribution in [0.15, 0.2) is 0 Å². The van der Waals surface area contributed by atoms with Crippen LogP contribution >= 0.6 is 11.8 Å². The molecule has 0 radical (unpaired) electrons. The van der Waals surface area contributed by atoms with Crippen molar-refractivity contribution in [3.8, 4) is 0 Å². The second-order valence-electron chi connectivity index (χ2n) is 4.41. The summed E-state index contributed by atoms with van der Waals surface area (Å²) in [7, 11) is 0. The van der Waals surface area contributed by atoms with Crippen LogP contribution in [-0.4, -0.2) is 36.0 Å². The van der Waals surface area contributed by atoms with Crippen LogP contribution in [0.2, 0.25) is 0 Å². The molecule has 1 nitrogen and oxygen atoms in total. The van der Waals surface area contributed by atoms with Crippen molar-refractivity contribution >= 4 is 11.8 Å². The number of hydrogen-bond donors (Lipinski definition) is 0. The van der Waals surface area contributed by atoms with Gasteiger partial charge in [-0.15, -0.1) is 0 Å².